The Kier molecular flexibility index (Phi) is 5.56. The second-order valence-electron chi connectivity index (χ2n) is 2.84. The van der Waals surface area contributed by atoms with Crippen LogP contribution in [-0.2, 0) is 4.79 Å². The second-order valence-corrected chi connectivity index (χ2v) is 4.40. The summed E-state index contributed by atoms with van der Waals surface area (Å²) in [6, 6.07) is 0.275. The molecule has 0 bridgehead atoms. The SMILES string of the molecule is CCC(=O)NC(C)CC(C)Br. The van der Waals surface area contributed by atoms with Gasteiger partial charge in [-0.1, -0.05) is 29.8 Å². The number of nitrogens with one attached hydrogen (secondary N) is 1. The lowest BCUT2D eigenvalue weighted by molar-refractivity contribution is -0.121. The molecule has 1 N–H and O–H groups in total. The number of hydrogen-bond acceptors (Lipinski definition) is 1. The lowest BCUT2D eigenvalue weighted by Gasteiger charge is -2.14. The molecule has 2 atom stereocenters. The summed E-state index contributed by atoms with van der Waals surface area (Å²) in [5.74, 6) is 0.130. The Bertz CT molecular complexity index is 125. The van der Waals surface area contributed by atoms with Gasteiger partial charge in [0.05, 0.1) is 0 Å². The molecule has 1 amide bonds. The molecule has 0 rings (SSSR count). The van der Waals surface area contributed by atoms with Crippen LogP contribution in [0.2, 0.25) is 0 Å². The Morgan fingerprint density at radius 3 is 2.45 bits per heavy atom. The Labute approximate surface area is 76.9 Å². The van der Waals surface area contributed by atoms with Gasteiger partial charge >= 0.3 is 0 Å². The van der Waals surface area contributed by atoms with E-state index in [9.17, 15) is 4.79 Å². The molecule has 0 saturated heterocycles. The third-order valence-corrected chi connectivity index (χ3v) is 1.78. The first-order chi connectivity index (χ1) is 5.06. The van der Waals surface area contributed by atoms with Crippen LogP contribution in [0.4, 0.5) is 0 Å². The van der Waals surface area contributed by atoms with Crippen molar-refractivity contribution in [3.63, 3.8) is 0 Å². The maximum atomic E-state index is 10.9. The number of carbonyl (C=O) groups excluding carboxylic acids is 1. The summed E-state index contributed by atoms with van der Waals surface area (Å²) in [6.07, 6.45) is 1.55. The van der Waals surface area contributed by atoms with Crippen LogP contribution < -0.4 is 5.32 Å². The predicted octanol–water partition coefficient (Wildman–Crippen LogP) is 2.07. The number of amides is 1. The molecular formula is C8H16BrNO. The summed E-state index contributed by atoms with van der Waals surface area (Å²) in [5, 5.41) is 2.89. The first-order valence-corrected chi connectivity index (χ1v) is 4.91. The number of hydrogen-bond donors (Lipinski definition) is 1. The third kappa shape index (κ3) is 6.35. The molecule has 11 heavy (non-hydrogen) atoms. The quantitative estimate of drug-likeness (QED) is 0.725. The Morgan fingerprint density at radius 2 is 2.09 bits per heavy atom. The smallest absolute Gasteiger partial charge is 0.219 e. The molecule has 0 saturated carbocycles. The zero-order valence-electron chi connectivity index (χ0n) is 7.36. The standard InChI is InChI=1S/C8H16BrNO/c1-4-8(11)10-7(3)5-6(2)9/h6-7H,4-5H2,1-3H3,(H,10,11). The second kappa shape index (κ2) is 5.58. The van der Waals surface area contributed by atoms with Crippen LogP contribution >= 0.6 is 15.9 Å². The molecule has 0 aromatic heterocycles. The normalized spacial score (nSPS) is 15.6. The topological polar surface area (TPSA) is 29.1 Å². The van der Waals surface area contributed by atoms with Crippen LogP contribution in [0.25, 0.3) is 0 Å². The van der Waals surface area contributed by atoms with Crippen LogP contribution in [0.15, 0.2) is 0 Å². The van der Waals surface area contributed by atoms with Gasteiger partial charge in [-0.05, 0) is 13.3 Å². The molecule has 0 aliphatic rings. The summed E-state index contributed by atoms with van der Waals surface area (Å²) < 4.78 is 0. The highest BCUT2D eigenvalue weighted by Gasteiger charge is 2.07. The van der Waals surface area contributed by atoms with Crippen molar-refractivity contribution in [1.29, 1.82) is 0 Å². The van der Waals surface area contributed by atoms with Crippen LogP contribution in [0.3, 0.4) is 0 Å². The average molecular weight is 222 g/mol. The highest BCUT2D eigenvalue weighted by Crippen LogP contribution is 2.06. The third-order valence-electron chi connectivity index (χ3n) is 1.41. The van der Waals surface area contributed by atoms with E-state index >= 15 is 0 Å². The van der Waals surface area contributed by atoms with Gasteiger partial charge in [0.15, 0.2) is 0 Å². The maximum absolute atomic E-state index is 10.9. The first kappa shape index (κ1) is 11.0. The van der Waals surface area contributed by atoms with Crippen molar-refractivity contribution in [2.75, 3.05) is 0 Å². The van der Waals surface area contributed by atoms with Gasteiger partial charge in [0, 0.05) is 17.3 Å². The molecule has 0 aromatic rings. The maximum Gasteiger partial charge on any atom is 0.219 e. The minimum absolute atomic E-state index is 0.130. The van der Waals surface area contributed by atoms with Gasteiger partial charge in [-0.2, -0.15) is 0 Å². The minimum atomic E-state index is 0.130. The molecule has 0 heterocycles. The van der Waals surface area contributed by atoms with E-state index in [1.807, 2.05) is 13.8 Å². The summed E-state index contributed by atoms with van der Waals surface area (Å²) in [4.78, 5) is 11.3. The number of rotatable bonds is 4. The molecule has 0 fully saturated rings. The van der Waals surface area contributed by atoms with Crippen LogP contribution in [0.5, 0.6) is 0 Å². The van der Waals surface area contributed by atoms with Crippen LogP contribution in [0, 0.1) is 0 Å². The molecular weight excluding hydrogens is 206 g/mol. The fourth-order valence-electron chi connectivity index (χ4n) is 0.923. The molecule has 0 aromatic carbocycles. The molecule has 0 aliphatic heterocycles. The van der Waals surface area contributed by atoms with Crippen molar-refractivity contribution in [3.8, 4) is 0 Å². The van der Waals surface area contributed by atoms with E-state index in [4.69, 9.17) is 0 Å². The Balaban J connectivity index is 3.51. The number of alkyl halides is 1. The molecule has 2 unspecified atom stereocenters. The van der Waals surface area contributed by atoms with Gasteiger partial charge in [-0.3, -0.25) is 4.79 Å². The van der Waals surface area contributed by atoms with Crippen molar-refractivity contribution >= 4 is 21.8 Å². The van der Waals surface area contributed by atoms with Crippen molar-refractivity contribution in [3.05, 3.63) is 0 Å². The van der Waals surface area contributed by atoms with Crippen molar-refractivity contribution in [2.24, 2.45) is 0 Å². The highest BCUT2D eigenvalue weighted by atomic mass is 79.9. The lowest BCUT2D eigenvalue weighted by Crippen LogP contribution is -2.33. The highest BCUT2D eigenvalue weighted by molar-refractivity contribution is 9.09. The number of halogens is 1. The van der Waals surface area contributed by atoms with Crippen molar-refractivity contribution < 1.29 is 4.79 Å². The van der Waals surface area contributed by atoms with E-state index in [0.717, 1.165) is 6.42 Å². The van der Waals surface area contributed by atoms with Gasteiger partial charge in [-0.25, -0.2) is 0 Å². The van der Waals surface area contributed by atoms with E-state index < -0.39 is 0 Å². The Morgan fingerprint density at radius 1 is 1.55 bits per heavy atom. The largest absolute Gasteiger partial charge is 0.354 e. The van der Waals surface area contributed by atoms with Crippen molar-refractivity contribution in [1.82, 2.24) is 5.32 Å². The zero-order chi connectivity index (χ0) is 8.85. The van der Waals surface area contributed by atoms with Gasteiger partial charge in [0.25, 0.3) is 0 Å². The molecule has 66 valence electrons. The zero-order valence-corrected chi connectivity index (χ0v) is 8.94. The number of carbonyl (C=O) groups is 1. The summed E-state index contributed by atoms with van der Waals surface area (Å²) in [7, 11) is 0. The van der Waals surface area contributed by atoms with E-state index in [1.54, 1.807) is 0 Å². The van der Waals surface area contributed by atoms with Crippen LogP contribution in [0.1, 0.15) is 33.6 Å². The summed E-state index contributed by atoms with van der Waals surface area (Å²) in [5.41, 5.74) is 0. The Hall–Kier alpha value is -0.0500. The summed E-state index contributed by atoms with van der Waals surface area (Å²) >= 11 is 3.44. The van der Waals surface area contributed by atoms with E-state index in [2.05, 4.69) is 28.2 Å². The summed E-state index contributed by atoms with van der Waals surface area (Å²) in [6.45, 7) is 5.96. The molecule has 0 spiro atoms. The predicted molar refractivity (Wildman–Crippen MR) is 50.9 cm³/mol. The van der Waals surface area contributed by atoms with E-state index in [-0.39, 0.29) is 11.9 Å². The monoisotopic (exact) mass is 221 g/mol. The van der Waals surface area contributed by atoms with Gasteiger partial charge in [0.1, 0.15) is 0 Å². The fraction of sp³-hybridized carbons (Fsp3) is 0.875. The van der Waals surface area contributed by atoms with E-state index in [0.29, 0.717) is 11.2 Å². The minimum Gasteiger partial charge on any atom is -0.354 e. The van der Waals surface area contributed by atoms with Crippen LogP contribution in [-0.4, -0.2) is 16.8 Å². The molecule has 2 nitrogen and oxygen atoms in total. The van der Waals surface area contributed by atoms with Gasteiger partial charge in [0.2, 0.25) is 5.91 Å². The van der Waals surface area contributed by atoms with Crippen molar-refractivity contribution in [2.45, 2.75) is 44.5 Å². The average Bonchev–Trinajstić information content (AvgIpc) is 1.85. The van der Waals surface area contributed by atoms with E-state index in [1.165, 1.54) is 0 Å². The van der Waals surface area contributed by atoms with Gasteiger partial charge < -0.3 is 5.32 Å². The first-order valence-electron chi connectivity index (χ1n) is 3.99. The molecule has 3 heteroatoms. The molecule has 0 radical (unpaired) electrons. The van der Waals surface area contributed by atoms with Gasteiger partial charge in [-0.15, -0.1) is 0 Å². The fourth-order valence-corrected chi connectivity index (χ4v) is 1.48. The lowest BCUT2D eigenvalue weighted by atomic mass is 10.2. The molecule has 0 aliphatic carbocycles.